The van der Waals surface area contributed by atoms with Crippen molar-refractivity contribution in [2.75, 3.05) is 40.5 Å². The smallest absolute Gasteiger partial charge is 0.264 e. The summed E-state index contributed by atoms with van der Waals surface area (Å²) < 4.78 is 18.5. The number of hydrogen-bond acceptors (Lipinski definition) is 5. The summed E-state index contributed by atoms with van der Waals surface area (Å²) >= 11 is 3.85. The van der Waals surface area contributed by atoms with Crippen molar-refractivity contribution in [3.05, 3.63) is 44.8 Å². The molecule has 2 aromatic carbocycles. The molecule has 1 aliphatic heterocycles. The van der Waals surface area contributed by atoms with Crippen LogP contribution in [0.1, 0.15) is 9.67 Å². The van der Waals surface area contributed by atoms with E-state index >= 15 is 0 Å². The number of hydrogen-bond donors (Lipinski definition) is 0. The first-order valence-corrected chi connectivity index (χ1v) is 10.8. The van der Waals surface area contributed by atoms with Crippen molar-refractivity contribution in [3.63, 3.8) is 0 Å². The summed E-state index contributed by atoms with van der Waals surface area (Å²) in [7, 11) is 3.24. The second-order valence-corrected chi connectivity index (χ2v) is 8.72. The van der Waals surface area contributed by atoms with Crippen LogP contribution in [0, 0.1) is 3.57 Å². The second-order valence-electron chi connectivity index (χ2n) is 6.42. The van der Waals surface area contributed by atoms with Gasteiger partial charge in [-0.2, -0.15) is 0 Å². The molecule has 0 aliphatic carbocycles. The number of morpholine rings is 1. The fourth-order valence-corrected chi connectivity index (χ4v) is 5.07. The molecular formula is C21H20INO4S. The maximum atomic E-state index is 13.3. The van der Waals surface area contributed by atoms with Crippen LogP contribution in [0.2, 0.25) is 0 Å². The number of thiophene rings is 1. The number of ether oxygens (including phenoxy) is 3. The molecule has 0 spiro atoms. The van der Waals surface area contributed by atoms with Crippen LogP contribution in [0.3, 0.4) is 0 Å². The minimum absolute atomic E-state index is 0.0595. The molecule has 0 N–H and O–H groups in total. The molecule has 146 valence electrons. The Labute approximate surface area is 181 Å². The number of methoxy groups -OCH3 is 2. The van der Waals surface area contributed by atoms with E-state index in [1.807, 2.05) is 23.1 Å². The van der Waals surface area contributed by atoms with Gasteiger partial charge in [0, 0.05) is 32.3 Å². The average Bonchev–Trinajstić information content (AvgIpc) is 3.11. The molecule has 0 unspecified atom stereocenters. The predicted octanol–water partition coefficient (Wildman–Crippen LogP) is 4.66. The van der Waals surface area contributed by atoms with E-state index in [9.17, 15) is 4.79 Å². The Morgan fingerprint density at radius 1 is 1.07 bits per heavy atom. The van der Waals surface area contributed by atoms with Crippen LogP contribution < -0.4 is 9.47 Å². The maximum Gasteiger partial charge on any atom is 0.264 e. The van der Waals surface area contributed by atoms with E-state index in [0.717, 1.165) is 29.7 Å². The van der Waals surface area contributed by atoms with Crippen LogP contribution in [-0.4, -0.2) is 51.3 Å². The van der Waals surface area contributed by atoms with E-state index in [0.29, 0.717) is 37.8 Å². The van der Waals surface area contributed by atoms with Crippen molar-refractivity contribution in [1.29, 1.82) is 0 Å². The third-order valence-corrected chi connectivity index (χ3v) is 6.64. The summed E-state index contributed by atoms with van der Waals surface area (Å²) in [6.45, 7) is 2.41. The van der Waals surface area contributed by atoms with Crippen LogP contribution >= 0.6 is 33.9 Å². The van der Waals surface area contributed by atoms with Gasteiger partial charge in [0.15, 0.2) is 11.5 Å². The van der Waals surface area contributed by atoms with Crippen molar-refractivity contribution >= 4 is 49.9 Å². The fourth-order valence-electron chi connectivity index (χ4n) is 3.41. The first-order chi connectivity index (χ1) is 13.6. The molecule has 1 aliphatic rings. The maximum absolute atomic E-state index is 13.3. The zero-order valence-corrected chi connectivity index (χ0v) is 18.6. The quantitative estimate of drug-likeness (QED) is 0.480. The van der Waals surface area contributed by atoms with Crippen molar-refractivity contribution in [3.8, 4) is 22.6 Å². The fraction of sp³-hybridized carbons (Fsp3) is 0.286. The molecule has 0 bridgehead atoms. The van der Waals surface area contributed by atoms with Gasteiger partial charge in [-0.3, -0.25) is 4.79 Å². The molecule has 2 heterocycles. The van der Waals surface area contributed by atoms with Crippen LogP contribution in [0.25, 0.3) is 21.2 Å². The standard InChI is InChI=1S/C21H20INO4S/c1-25-16-5-3-13(11-17(16)26-2)19-15-12-14(22)4-6-18(15)28-20(19)21(24)23-7-9-27-10-8-23/h3-6,11-12H,7-10H2,1-2H3. The third-order valence-electron chi connectivity index (χ3n) is 4.81. The van der Waals surface area contributed by atoms with E-state index in [2.05, 4.69) is 40.8 Å². The highest BCUT2D eigenvalue weighted by atomic mass is 127. The van der Waals surface area contributed by atoms with Gasteiger partial charge in [0.2, 0.25) is 0 Å². The van der Waals surface area contributed by atoms with E-state index in [1.165, 1.54) is 0 Å². The summed E-state index contributed by atoms with van der Waals surface area (Å²) in [5.74, 6) is 1.38. The van der Waals surface area contributed by atoms with Gasteiger partial charge in [-0.15, -0.1) is 11.3 Å². The van der Waals surface area contributed by atoms with Crippen molar-refractivity contribution in [2.45, 2.75) is 0 Å². The summed E-state index contributed by atoms with van der Waals surface area (Å²) in [5, 5.41) is 1.08. The van der Waals surface area contributed by atoms with Gasteiger partial charge >= 0.3 is 0 Å². The summed E-state index contributed by atoms with van der Waals surface area (Å²) in [5.41, 5.74) is 1.90. The molecule has 5 nitrogen and oxygen atoms in total. The van der Waals surface area contributed by atoms with Gasteiger partial charge in [0.25, 0.3) is 5.91 Å². The van der Waals surface area contributed by atoms with Crippen LogP contribution in [0.4, 0.5) is 0 Å². The highest BCUT2D eigenvalue weighted by molar-refractivity contribution is 14.1. The zero-order chi connectivity index (χ0) is 19.7. The summed E-state index contributed by atoms with van der Waals surface area (Å²) in [6, 6.07) is 12.1. The lowest BCUT2D eigenvalue weighted by Crippen LogP contribution is -2.40. The molecule has 3 aromatic rings. The molecular weight excluding hydrogens is 489 g/mol. The Hall–Kier alpha value is -1.84. The number of carbonyl (C=O) groups excluding carboxylic acids is 1. The van der Waals surface area contributed by atoms with E-state index in [-0.39, 0.29) is 5.91 Å². The van der Waals surface area contributed by atoms with Crippen LogP contribution in [0.15, 0.2) is 36.4 Å². The molecule has 0 radical (unpaired) electrons. The first-order valence-electron chi connectivity index (χ1n) is 8.94. The second kappa shape index (κ2) is 8.26. The summed E-state index contributed by atoms with van der Waals surface area (Å²) in [4.78, 5) is 16.0. The third kappa shape index (κ3) is 3.58. The van der Waals surface area contributed by atoms with Gasteiger partial charge < -0.3 is 19.1 Å². The highest BCUT2D eigenvalue weighted by Crippen LogP contribution is 2.42. The van der Waals surface area contributed by atoms with E-state index in [4.69, 9.17) is 14.2 Å². The average molecular weight is 509 g/mol. The molecule has 1 fully saturated rings. The molecule has 4 rings (SSSR count). The Morgan fingerprint density at radius 2 is 1.82 bits per heavy atom. The van der Waals surface area contributed by atoms with Crippen molar-refractivity contribution in [2.24, 2.45) is 0 Å². The minimum Gasteiger partial charge on any atom is -0.493 e. The van der Waals surface area contributed by atoms with Gasteiger partial charge in [0.1, 0.15) is 4.88 Å². The molecule has 1 saturated heterocycles. The molecule has 7 heteroatoms. The number of amides is 1. The van der Waals surface area contributed by atoms with Gasteiger partial charge in [0.05, 0.1) is 27.4 Å². The van der Waals surface area contributed by atoms with Gasteiger partial charge in [-0.25, -0.2) is 0 Å². The number of rotatable bonds is 4. The minimum atomic E-state index is 0.0595. The Morgan fingerprint density at radius 3 is 2.54 bits per heavy atom. The molecule has 28 heavy (non-hydrogen) atoms. The van der Waals surface area contributed by atoms with E-state index in [1.54, 1.807) is 25.6 Å². The number of fused-ring (bicyclic) bond motifs is 1. The zero-order valence-electron chi connectivity index (χ0n) is 15.7. The monoisotopic (exact) mass is 509 g/mol. The lowest BCUT2D eigenvalue weighted by Gasteiger charge is -2.26. The molecule has 0 atom stereocenters. The van der Waals surface area contributed by atoms with Crippen molar-refractivity contribution in [1.82, 2.24) is 4.90 Å². The predicted molar refractivity (Wildman–Crippen MR) is 120 cm³/mol. The SMILES string of the molecule is COc1ccc(-c2c(C(=O)N3CCOCC3)sc3ccc(I)cc23)cc1OC. The van der Waals surface area contributed by atoms with E-state index < -0.39 is 0 Å². The lowest BCUT2D eigenvalue weighted by atomic mass is 10.0. The highest BCUT2D eigenvalue weighted by Gasteiger charge is 2.26. The van der Waals surface area contributed by atoms with Gasteiger partial charge in [-0.1, -0.05) is 6.07 Å². The number of benzene rings is 2. The van der Waals surface area contributed by atoms with Gasteiger partial charge in [-0.05, 0) is 58.5 Å². The Kier molecular flexibility index (Phi) is 5.75. The first kappa shape index (κ1) is 19.5. The normalized spacial score (nSPS) is 14.3. The van der Waals surface area contributed by atoms with Crippen LogP contribution in [0.5, 0.6) is 11.5 Å². The number of halogens is 1. The Bertz CT molecular complexity index is 1030. The Balaban J connectivity index is 1.90. The molecule has 0 saturated carbocycles. The number of nitrogens with zero attached hydrogens (tertiary/aromatic N) is 1. The summed E-state index contributed by atoms with van der Waals surface area (Å²) in [6.07, 6.45) is 0. The lowest BCUT2D eigenvalue weighted by molar-refractivity contribution is 0.0306. The van der Waals surface area contributed by atoms with Crippen LogP contribution in [-0.2, 0) is 4.74 Å². The van der Waals surface area contributed by atoms with Crippen molar-refractivity contribution < 1.29 is 19.0 Å². The largest absolute Gasteiger partial charge is 0.493 e. The molecule has 1 amide bonds. The number of carbonyl (C=O) groups is 1. The molecule has 1 aromatic heterocycles. The topological polar surface area (TPSA) is 48.0 Å².